The molecule has 9 heteroatoms. The zero-order valence-corrected chi connectivity index (χ0v) is 18.6. The van der Waals surface area contributed by atoms with Crippen LogP contribution in [0.25, 0.3) is 32.2 Å². The largest absolute Gasteiger partial charge is 0.337 e. The van der Waals surface area contributed by atoms with Gasteiger partial charge in [-0.1, -0.05) is 24.3 Å². The molecule has 34 heavy (non-hydrogen) atoms. The van der Waals surface area contributed by atoms with Crippen molar-refractivity contribution in [3.05, 3.63) is 89.7 Å². The number of aromatic amines is 1. The second-order valence-electron chi connectivity index (χ2n) is 7.60. The number of urea groups is 1. The molecule has 3 aromatic carbocycles. The number of aromatic nitrogens is 2. The minimum absolute atomic E-state index is 0.453. The quantitative estimate of drug-likeness (QED) is 0.237. The van der Waals surface area contributed by atoms with Gasteiger partial charge in [-0.25, -0.2) is 22.9 Å². The Balaban J connectivity index is 1.29. The average molecular weight is 478 g/mol. The Labute approximate surface area is 196 Å². The van der Waals surface area contributed by atoms with Gasteiger partial charge in [-0.15, -0.1) is 11.3 Å². The lowest BCUT2D eigenvalue weighted by atomic mass is 10.2. The normalized spacial score (nSPS) is 11.1. The van der Waals surface area contributed by atoms with E-state index in [-0.39, 0.29) is 0 Å². The van der Waals surface area contributed by atoms with Crippen LogP contribution in [0.15, 0.2) is 66.7 Å². The van der Waals surface area contributed by atoms with Crippen molar-refractivity contribution in [2.75, 3.05) is 10.6 Å². The Kier molecular flexibility index (Phi) is 5.54. The highest BCUT2D eigenvalue weighted by molar-refractivity contribution is 7.18. The minimum atomic E-state index is -1.64. The summed E-state index contributed by atoms with van der Waals surface area (Å²) in [6, 6.07) is 18.0. The lowest BCUT2D eigenvalue weighted by molar-refractivity contribution is 0.262. The van der Waals surface area contributed by atoms with Crippen LogP contribution in [0.5, 0.6) is 0 Å². The molecule has 5 nitrogen and oxygen atoms in total. The molecule has 0 saturated heterocycles. The topological polar surface area (TPSA) is 69.8 Å². The van der Waals surface area contributed by atoms with Crippen LogP contribution in [0.4, 0.5) is 29.3 Å². The van der Waals surface area contributed by atoms with Gasteiger partial charge in [0.2, 0.25) is 0 Å². The Hall–Kier alpha value is -4.11. The zero-order valence-electron chi connectivity index (χ0n) is 17.7. The lowest BCUT2D eigenvalue weighted by Crippen LogP contribution is -2.20. The van der Waals surface area contributed by atoms with Gasteiger partial charge in [0.15, 0.2) is 17.5 Å². The molecule has 2 aromatic heterocycles. The van der Waals surface area contributed by atoms with E-state index in [1.807, 2.05) is 49.4 Å². The summed E-state index contributed by atoms with van der Waals surface area (Å²) in [7, 11) is 0. The first-order valence-corrected chi connectivity index (χ1v) is 11.1. The molecular weight excluding hydrogens is 461 g/mol. The maximum atomic E-state index is 13.7. The number of nitrogens with one attached hydrogen (secondary N) is 3. The molecule has 0 aliphatic heterocycles. The molecule has 0 saturated carbocycles. The summed E-state index contributed by atoms with van der Waals surface area (Å²) in [5, 5.41) is 4.71. The van der Waals surface area contributed by atoms with Crippen LogP contribution in [0, 0.1) is 24.4 Å². The van der Waals surface area contributed by atoms with Crippen LogP contribution in [0.2, 0.25) is 0 Å². The van der Waals surface area contributed by atoms with Crippen LogP contribution in [0.1, 0.15) is 5.56 Å². The number of rotatable bonds is 4. The van der Waals surface area contributed by atoms with Gasteiger partial charge in [0.25, 0.3) is 0 Å². The first kappa shape index (κ1) is 21.7. The number of hydrogen-bond acceptors (Lipinski definition) is 3. The average Bonchev–Trinajstić information content (AvgIpc) is 3.48. The molecule has 0 aliphatic rings. The van der Waals surface area contributed by atoms with E-state index in [1.54, 1.807) is 23.5 Å². The minimum Gasteiger partial charge on any atom is -0.337 e. The van der Waals surface area contributed by atoms with E-state index >= 15 is 0 Å². The summed E-state index contributed by atoms with van der Waals surface area (Å²) < 4.78 is 40.1. The molecular formula is C25H17F3N4OS. The van der Waals surface area contributed by atoms with Gasteiger partial charge in [0, 0.05) is 10.6 Å². The van der Waals surface area contributed by atoms with Crippen molar-refractivity contribution in [1.29, 1.82) is 0 Å². The van der Waals surface area contributed by atoms with Gasteiger partial charge in [-0.05, 0) is 60.5 Å². The van der Waals surface area contributed by atoms with Gasteiger partial charge in [0.05, 0.1) is 21.6 Å². The third-order valence-electron chi connectivity index (χ3n) is 5.26. The highest BCUT2D eigenvalue weighted by Crippen LogP contribution is 2.34. The van der Waals surface area contributed by atoms with Gasteiger partial charge < -0.3 is 15.6 Å². The molecule has 5 aromatic rings. The first-order valence-electron chi connectivity index (χ1n) is 10.3. The molecule has 0 bridgehead atoms. The second-order valence-corrected chi connectivity index (χ2v) is 8.68. The molecule has 0 aliphatic carbocycles. The number of anilines is 2. The Morgan fingerprint density at radius 3 is 2.41 bits per heavy atom. The fourth-order valence-corrected chi connectivity index (χ4v) is 4.49. The van der Waals surface area contributed by atoms with E-state index < -0.39 is 29.2 Å². The molecule has 2 heterocycles. The van der Waals surface area contributed by atoms with Crippen molar-refractivity contribution in [3.63, 3.8) is 0 Å². The summed E-state index contributed by atoms with van der Waals surface area (Å²) in [5.41, 5.74) is 3.98. The van der Waals surface area contributed by atoms with Crippen molar-refractivity contribution >= 4 is 39.8 Å². The third-order valence-corrected chi connectivity index (χ3v) is 6.41. The molecule has 0 unspecified atom stereocenters. The summed E-state index contributed by atoms with van der Waals surface area (Å²) in [4.78, 5) is 22.2. The summed E-state index contributed by atoms with van der Waals surface area (Å²) >= 11 is 1.58. The van der Waals surface area contributed by atoms with Crippen LogP contribution in [-0.2, 0) is 0 Å². The maximum Gasteiger partial charge on any atom is 0.323 e. The van der Waals surface area contributed by atoms with E-state index in [2.05, 4.69) is 15.6 Å². The number of carbonyl (C=O) groups is 1. The number of carbonyl (C=O) groups excluding carboxylic acids is 1. The highest BCUT2D eigenvalue weighted by Gasteiger charge is 2.15. The zero-order chi connectivity index (χ0) is 23.8. The summed E-state index contributed by atoms with van der Waals surface area (Å²) in [5.74, 6) is -3.62. The Morgan fingerprint density at radius 1 is 0.882 bits per heavy atom. The van der Waals surface area contributed by atoms with Gasteiger partial charge in [-0.3, -0.25) is 0 Å². The third kappa shape index (κ3) is 4.13. The number of fused-ring (bicyclic) bond motifs is 1. The molecule has 0 atom stereocenters. The summed E-state index contributed by atoms with van der Waals surface area (Å²) in [6.07, 6.45) is 0. The molecule has 3 N–H and O–H groups in total. The standard InChI is InChI=1S/C25H17F3N4OS/c1-13-3-2-4-18-23(13)32-24(30-18)20-12-11-19(34-20)14-5-7-15(8-6-14)29-25(33)31-17-10-9-16(26)21(27)22(17)28/h2-12H,1H3,(H,30,32)(H2,29,31,33). The van der Waals surface area contributed by atoms with Crippen molar-refractivity contribution in [2.24, 2.45) is 0 Å². The van der Waals surface area contributed by atoms with Crippen LogP contribution < -0.4 is 10.6 Å². The fraction of sp³-hybridized carbons (Fsp3) is 0.0400. The van der Waals surface area contributed by atoms with E-state index in [0.717, 1.165) is 49.9 Å². The van der Waals surface area contributed by atoms with E-state index in [9.17, 15) is 18.0 Å². The Bertz CT molecular complexity index is 1530. The number of benzene rings is 3. The molecule has 0 radical (unpaired) electrons. The number of nitrogens with zero attached hydrogens (tertiary/aromatic N) is 1. The number of hydrogen-bond donors (Lipinski definition) is 3. The number of amides is 2. The van der Waals surface area contributed by atoms with Crippen LogP contribution >= 0.6 is 11.3 Å². The van der Waals surface area contributed by atoms with Crippen molar-refractivity contribution in [1.82, 2.24) is 9.97 Å². The number of halogens is 3. The maximum absolute atomic E-state index is 13.7. The predicted octanol–water partition coefficient (Wildman–Crippen LogP) is 7.33. The predicted molar refractivity (Wildman–Crippen MR) is 129 cm³/mol. The Morgan fingerprint density at radius 2 is 1.65 bits per heavy atom. The van der Waals surface area contributed by atoms with Crippen LogP contribution in [-0.4, -0.2) is 16.0 Å². The van der Waals surface area contributed by atoms with Crippen molar-refractivity contribution in [2.45, 2.75) is 6.92 Å². The van der Waals surface area contributed by atoms with Gasteiger partial charge >= 0.3 is 6.03 Å². The number of H-pyrrole nitrogens is 1. The SMILES string of the molecule is Cc1cccc2[nH]c(-c3ccc(-c4ccc(NC(=O)Nc5ccc(F)c(F)c5F)cc4)s3)nc12. The first-order chi connectivity index (χ1) is 16.4. The summed E-state index contributed by atoms with van der Waals surface area (Å²) in [6.45, 7) is 2.02. The fourth-order valence-electron chi connectivity index (χ4n) is 3.54. The second kappa shape index (κ2) is 8.68. The van der Waals surface area contributed by atoms with Crippen molar-refractivity contribution < 1.29 is 18.0 Å². The van der Waals surface area contributed by atoms with E-state index in [1.165, 1.54) is 0 Å². The monoisotopic (exact) mass is 478 g/mol. The van der Waals surface area contributed by atoms with Crippen molar-refractivity contribution in [3.8, 4) is 21.1 Å². The molecule has 0 fully saturated rings. The van der Waals surface area contributed by atoms with E-state index in [0.29, 0.717) is 5.69 Å². The molecule has 2 amide bonds. The molecule has 5 rings (SSSR count). The lowest BCUT2D eigenvalue weighted by Gasteiger charge is -2.09. The molecule has 170 valence electrons. The highest BCUT2D eigenvalue weighted by atomic mass is 32.1. The molecule has 0 spiro atoms. The number of aryl methyl sites for hydroxylation is 1. The number of imidazole rings is 1. The van der Waals surface area contributed by atoms with E-state index in [4.69, 9.17) is 4.98 Å². The van der Waals surface area contributed by atoms with Crippen LogP contribution in [0.3, 0.4) is 0 Å². The number of para-hydroxylation sites is 1. The smallest absolute Gasteiger partial charge is 0.323 e. The number of thiophene rings is 1. The van der Waals surface area contributed by atoms with Gasteiger partial charge in [0.1, 0.15) is 5.82 Å². The van der Waals surface area contributed by atoms with Gasteiger partial charge in [-0.2, -0.15) is 0 Å².